The Hall–Kier alpha value is -8.09. The molecule has 0 bridgehead atoms. The highest BCUT2D eigenvalue weighted by Crippen LogP contribution is 2.41. The first-order chi connectivity index (χ1) is 29.2. The van der Waals surface area contributed by atoms with Crippen molar-refractivity contribution < 1.29 is 8.83 Å². The van der Waals surface area contributed by atoms with E-state index in [0.29, 0.717) is 5.89 Å². The smallest absolute Gasteiger partial charge is 0.227 e. The van der Waals surface area contributed by atoms with Crippen LogP contribution in [-0.4, -0.2) is 15.2 Å². The Labute approximate surface area is 338 Å². The van der Waals surface area contributed by atoms with Crippen molar-refractivity contribution in [3.8, 4) is 33.7 Å². The van der Waals surface area contributed by atoms with Crippen molar-refractivity contribution in [3.05, 3.63) is 194 Å². The zero-order valence-electron chi connectivity index (χ0n) is 31.6. The van der Waals surface area contributed by atoms with Gasteiger partial charge in [-0.15, -0.1) is 5.10 Å². The molecule has 59 heavy (non-hydrogen) atoms. The molecule has 276 valence electrons. The number of nitrogens with zero attached hydrogens (tertiary/aromatic N) is 4. The van der Waals surface area contributed by atoms with Gasteiger partial charge in [0, 0.05) is 33.6 Å². The van der Waals surface area contributed by atoms with Gasteiger partial charge in [0.1, 0.15) is 16.6 Å². The van der Waals surface area contributed by atoms with Crippen molar-refractivity contribution in [1.29, 1.82) is 0 Å². The van der Waals surface area contributed by atoms with E-state index in [1.807, 2.05) is 48.5 Å². The van der Waals surface area contributed by atoms with Gasteiger partial charge in [0.05, 0.1) is 6.20 Å². The molecule has 0 unspecified atom stereocenters. The lowest BCUT2D eigenvalue weighted by Crippen LogP contribution is -2.09. The number of rotatable bonds is 6. The first-order valence-corrected chi connectivity index (χ1v) is 19.7. The quantitative estimate of drug-likeness (QED) is 0.157. The van der Waals surface area contributed by atoms with Gasteiger partial charge >= 0.3 is 0 Å². The Balaban J connectivity index is 0.945. The highest BCUT2D eigenvalue weighted by molar-refractivity contribution is 6.10. The SMILES string of the molecule is c1ccc2cc(-c3ccc4c(ccc5cc(N(c6ccc(-c7nc8ccccc8o7)cc6)c6ccc(-c7cnnc8c7oc7ccccc78)cc6)ccc54)c3)ccc2c1. The molecule has 0 N–H and O–H groups in total. The van der Waals surface area contributed by atoms with E-state index in [9.17, 15) is 0 Å². The molecule has 12 aromatic rings. The van der Waals surface area contributed by atoms with Crippen molar-refractivity contribution in [2.24, 2.45) is 0 Å². The summed E-state index contributed by atoms with van der Waals surface area (Å²) in [6, 6.07) is 66.0. The maximum absolute atomic E-state index is 6.31. The van der Waals surface area contributed by atoms with E-state index in [1.54, 1.807) is 6.20 Å². The number of aromatic nitrogens is 3. The molecule has 6 heteroatoms. The van der Waals surface area contributed by atoms with Crippen LogP contribution in [0.2, 0.25) is 0 Å². The van der Waals surface area contributed by atoms with Crippen LogP contribution in [0, 0.1) is 0 Å². The third kappa shape index (κ3) is 5.61. The summed E-state index contributed by atoms with van der Waals surface area (Å²) in [5, 5.41) is 17.0. The molecule has 3 aromatic heterocycles. The van der Waals surface area contributed by atoms with Crippen LogP contribution in [0.1, 0.15) is 0 Å². The van der Waals surface area contributed by atoms with E-state index in [-0.39, 0.29) is 0 Å². The standard InChI is InChI=1S/C53H32N4O2/c1-2-8-36-29-37(14-13-33(36)7-1)38-21-27-44-39(30-38)15-16-40-31-43(26-28-45(40)44)57(42-24-19-35(20-25-42)53-55-48-10-4-6-12-50(48)59-53)41-22-17-34(18-23-41)47-32-54-56-51-46-9-3-5-11-49(46)58-52(47)51/h1-32H. The highest BCUT2D eigenvalue weighted by Gasteiger charge is 2.18. The Morgan fingerprint density at radius 2 is 1.00 bits per heavy atom. The summed E-state index contributed by atoms with van der Waals surface area (Å²) in [6.07, 6.45) is 1.78. The second kappa shape index (κ2) is 13.3. The molecular weight excluding hydrogens is 725 g/mol. The zero-order valence-corrected chi connectivity index (χ0v) is 31.6. The van der Waals surface area contributed by atoms with Gasteiger partial charge in [-0.25, -0.2) is 4.98 Å². The number of benzene rings is 9. The lowest BCUT2D eigenvalue weighted by molar-refractivity contribution is 0.620. The summed E-state index contributed by atoms with van der Waals surface area (Å²) < 4.78 is 12.4. The van der Waals surface area contributed by atoms with Gasteiger partial charge < -0.3 is 13.7 Å². The van der Waals surface area contributed by atoms with Gasteiger partial charge in [-0.05, 0) is 134 Å². The van der Waals surface area contributed by atoms with E-state index in [4.69, 9.17) is 13.8 Å². The largest absolute Gasteiger partial charge is 0.454 e. The summed E-state index contributed by atoms with van der Waals surface area (Å²) >= 11 is 0. The van der Waals surface area contributed by atoms with Crippen LogP contribution < -0.4 is 4.90 Å². The number of fused-ring (bicyclic) bond motifs is 8. The molecular formula is C53H32N4O2. The monoisotopic (exact) mass is 756 g/mol. The Bertz CT molecular complexity index is 3540. The molecule has 0 radical (unpaired) electrons. The minimum Gasteiger partial charge on any atom is -0.454 e. The lowest BCUT2D eigenvalue weighted by Gasteiger charge is -2.26. The highest BCUT2D eigenvalue weighted by atomic mass is 16.3. The van der Waals surface area contributed by atoms with Gasteiger partial charge in [-0.1, -0.05) is 103 Å². The molecule has 0 saturated heterocycles. The van der Waals surface area contributed by atoms with Crippen molar-refractivity contribution >= 4 is 82.5 Å². The molecule has 6 nitrogen and oxygen atoms in total. The number of oxazole rings is 1. The summed E-state index contributed by atoms with van der Waals surface area (Å²) in [4.78, 5) is 7.03. The fraction of sp³-hybridized carbons (Fsp3) is 0. The third-order valence-corrected chi connectivity index (χ3v) is 11.4. The topological polar surface area (TPSA) is 68.2 Å². The molecule has 0 aliphatic heterocycles. The van der Waals surface area contributed by atoms with Crippen molar-refractivity contribution in [2.75, 3.05) is 4.90 Å². The van der Waals surface area contributed by atoms with E-state index in [1.165, 1.54) is 38.1 Å². The van der Waals surface area contributed by atoms with Crippen molar-refractivity contribution in [1.82, 2.24) is 15.2 Å². The average Bonchev–Trinajstić information content (AvgIpc) is 3.91. The predicted molar refractivity (Wildman–Crippen MR) is 240 cm³/mol. The summed E-state index contributed by atoms with van der Waals surface area (Å²) in [7, 11) is 0. The van der Waals surface area contributed by atoms with Gasteiger partial charge in [0.2, 0.25) is 5.89 Å². The summed E-state index contributed by atoms with van der Waals surface area (Å²) in [5.74, 6) is 0.595. The summed E-state index contributed by atoms with van der Waals surface area (Å²) in [6.45, 7) is 0. The number of anilines is 3. The minimum atomic E-state index is 0.595. The van der Waals surface area contributed by atoms with Crippen LogP contribution in [0.15, 0.2) is 203 Å². The van der Waals surface area contributed by atoms with Crippen LogP contribution in [0.3, 0.4) is 0 Å². The third-order valence-electron chi connectivity index (χ3n) is 11.4. The Kier molecular flexibility index (Phi) is 7.43. The number of para-hydroxylation sites is 3. The van der Waals surface area contributed by atoms with Gasteiger partial charge in [0.15, 0.2) is 11.2 Å². The van der Waals surface area contributed by atoms with Gasteiger partial charge in [0.25, 0.3) is 0 Å². The Morgan fingerprint density at radius 3 is 1.80 bits per heavy atom. The minimum absolute atomic E-state index is 0.595. The molecule has 0 atom stereocenters. The molecule has 9 aromatic carbocycles. The van der Waals surface area contributed by atoms with Crippen LogP contribution >= 0.6 is 0 Å². The summed E-state index contributed by atoms with van der Waals surface area (Å²) in [5.41, 5.74) is 12.2. The molecule has 0 aliphatic carbocycles. The van der Waals surface area contributed by atoms with Gasteiger partial charge in [-0.3, -0.25) is 0 Å². The fourth-order valence-electron chi connectivity index (χ4n) is 8.45. The van der Waals surface area contributed by atoms with Crippen LogP contribution in [0.4, 0.5) is 17.1 Å². The Morgan fingerprint density at radius 1 is 0.407 bits per heavy atom. The molecule has 0 aliphatic rings. The van der Waals surface area contributed by atoms with E-state index >= 15 is 0 Å². The molecule has 0 saturated carbocycles. The van der Waals surface area contributed by atoms with E-state index in [2.05, 4.69) is 155 Å². The van der Waals surface area contributed by atoms with Crippen molar-refractivity contribution in [2.45, 2.75) is 0 Å². The zero-order chi connectivity index (χ0) is 38.9. The van der Waals surface area contributed by atoms with E-state index in [0.717, 1.165) is 72.3 Å². The molecule has 3 heterocycles. The first kappa shape index (κ1) is 33.1. The van der Waals surface area contributed by atoms with Crippen LogP contribution in [0.25, 0.3) is 99.2 Å². The van der Waals surface area contributed by atoms with Crippen molar-refractivity contribution in [3.63, 3.8) is 0 Å². The fourth-order valence-corrected chi connectivity index (χ4v) is 8.45. The second-order valence-electron chi connectivity index (χ2n) is 14.9. The maximum Gasteiger partial charge on any atom is 0.227 e. The molecule has 0 amide bonds. The second-order valence-corrected chi connectivity index (χ2v) is 14.9. The average molecular weight is 757 g/mol. The molecule has 12 rings (SSSR count). The van der Waals surface area contributed by atoms with E-state index < -0.39 is 0 Å². The van der Waals surface area contributed by atoms with Crippen LogP contribution in [0.5, 0.6) is 0 Å². The van der Waals surface area contributed by atoms with Gasteiger partial charge in [-0.2, -0.15) is 5.10 Å². The normalized spacial score (nSPS) is 11.7. The predicted octanol–water partition coefficient (Wildman–Crippen LogP) is 14.4. The number of hydrogen-bond acceptors (Lipinski definition) is 6. The number of furan rings is 1. The molecule has 0 fully saturated rings. The first-order valence-electron chi connectivity index (χ1n) is 19.7. The number of hydrogen-bond donors (Lipinski definition) is 0. The molecule has 0 spiro atoms. The lowest BCUT2D eigenvalue weighted by atomic mass is 9.96. The van der Waals surface area contributed by atoms with Crippen LogP contribution in [-0.2, 0) is 0 Å². The maximum atomic E-state index is 6.31.